The summed E-state index contributed by atoms with van der Waals surface area (Å²) < 4.78 is 14.0. The van der Waals surface area contributed by atoms with Gasteiger partial charge in [0.2, 0.25) is 0 Å². The van der Waals surface area contributed by atoms with Crippen molar-refractivity contribution in [3.8, 4) is 0 Å². The number of likely N-dealkylation sites (N-methyl/N-ethyl adjacent to an activating group) is 1. The molecule has 0 aliphatic heterocycles. The fourth-order valence-corrected chi connectivity index (χ4v) is 2.80. The molecule has 3 heteroatoms. The summed E-state index contributed by atoms with van der Waals surface area (Å²) in [5.74, 6) is -0.215. The third kappa shape index (κ3) is 2.90. The van der Waals surface area contributed by atoms with Gasteiger partial charge in [0, 0.05) is 11.6 Å². The van der Waals surface area contributed by atoms with E-state index >= 15 is 0 Å². The van der Waals surface area contributed by atoms with Gasteiger partial charge in [0.1, 0.15) is 5.82 Å². The molecule has 1 aromatic rings. The Balaban J connectivity index is 3.14. The Labute approximate surface area is 110 Å². The number of nitrogens with zero attached hydrogens (tertiary/aromatic N) is 1. The van der Waals surface area contributed by atoms with Crippen molar-refractivity contribution in [2.75, 3.05) is 13.1 Å². The zero-order chi connectivity index (χ0) is 13.8. The lowest BCUT2D eigenvalue weighted by Crippen LogP contribution is -2.54. The second kappa shape index (κ2) is 6.30. The van der Waals surface area contributed by atoms with E-state index in [9.17, 15) is 4.39 Å². The summed E-state index contributed by atoms with van der Waals surface area (Å²) in [6, 6.07) is 6.97. The molecule has 0 heterocycles. The third-order valence-electron chi connectivity index (χ3n) is 3.79. The molecule has 0 aliphatic carbocycles. The number of halogens is 1. The highest BCUT2D eigenvalue weighted by atomic mass is 19.1. The minimum Gasteiger partial charge on any atom is -0.320 e. The maximum Gasteiger partial charge on any atom is 0.128 e. The predicted octanol–water partition coefficient (Wildman–Crippen LogP) is 3.12. The fraction of sp³-hybridized carbons (Fsp3) is 0.600. The van der Waals surface area contributed by atoms with Crippen LogP contribution in [-0.4, -0.2) is 24.0 Å². The van der Waals surface area contributed by atoms with E-state index in [2.05, 4.69) is 25.7 Å². The molecule has 0 saturated heterocycles. The first-order valence-electron chi connectivity index (χ1n) is 6.76. The lowest BCUT2D eigenvalue weighted by molar-refractivity contribution is 0.132. The topological polar surface area (TPSA) is 29.3 Å². The molecular formula is C15H25FN2. The highest BCUT2D eigenvalue weighted by Gasteiger charge is 2.35. The highest BCUT2D eigenvalue weighted by Crippen LogP contribution is 2.29. The number of rotatable bonds is 6. The Morgan fingerprint density at radius 3 is 2.22 bits per heavy atom. The van der Waals surface area contributed by atoms with Crippen molar-refractivity contribution in [1.29, 1.82) is 0 Å². The van der Waals surface area contributed by atoms with Gasteiger partial charge in [-0.1, -0.05) is 39.0 Å². The second-order valence-electron chi connectivity index (χ2n) is 4.91. The van der Waals surface area contributed by atoms with Gasteiger partial charge in [-0.3, -0.25) is 4.90 Å². The Hall–Kier alpha value is -0.930. The van der Waals surface area contributed by atoms with Crippen LogP contribution in [0.5, 0.6) is 0 Å². The first kappa shape index (κ1) is 15.1. The second-order valence-corrected chi connectivity index (χ2v) is 4.91. The summed E-state index contributed by atoms with van der Waals surface area (Å²) in [4.78, 5) is 2.30. The number of nitrogens with two attached hydrogens (primary N) is 1. The SMILES string of the molecule is CCC(N(CC)CC)C(C)(N)c1ccccc1F. The van der Waals surface area contributed by atoms with Gasteiger partial charge in [-0.15, -0.1) is 0 Å². The predicted molar refractivity (Wildman–Crippen MR) is 74.9 cm³/mol. The van der Waals surface area contributed by atoms with Crippen molar-refractivity contribution in [3.63, 3.8) is 0 Å². The molecule has 1 aromatic carbocycles. The standard InChI is InChI=1S/C15H25FN2/c1-5-14(18(6-2)7-3)15(4,17)12-10-8-9-11-13(12)16/h8-11,14H,5-7,17H2,1-4H3. The highest BCUT2D eigenvalue weighted by molar-refractivity contribution is 5.27. The van der Waals surface area contributed by atoms with Crippen LogP contribution in [0.2, 0.25) is 0 Å². The van der Waals surface area contributed by atoms with Crippen LogP contribution in [0.25, 0.3) is 0 Å². The smallest absolute Gasteiger partial charge is 0.128 e. The normalized spacial score (nSPS) is 16.6. The molecule has 0 saturated carbocycles. The Kier molecular flexibility index (Phi) is 5.29. The largest absolute Gasteiger partial charge is 0.320 e. The van der Waals surface area contributed by atoms with E-state index < -0.39 is 5.54 Å². The van der Waals surface area contributed by atoms with Crippen LogP contribution in [0.4, 0.5) is 4.39 Å². The van der Waals surface area contributed by atoms with Crippen molar-refractivity contribution in [2.24, 2.45) is 5.73 Å². The fourth-order valence-electron chi connectivity index (χ4n) is 2.80. The van der Waals surface area contributed by atoms with Gasteiger partial charge in [0.15, 0.2) is 0 Å². The summed E-state index contributed by atoms with van der Waals surface area (Å²) in [5, 5.41) is 0. The molecule has 2 atom stereocenters. The van der Waals surface area contributed by atoms with Crippen LogP contribution in [-0.2, 0) is 5.54 Å². The van der Waals surface area contributed by atoms with Crippen molar-refractivity contribution < 1.29 is 4.39 Å². The van der Waals surface area contributed by atoms with Gasteiger partial charge >= 0.3 is 0 Å². The van der Waals surface area contributed by atoms with E-state index in [1.807, 2.05) is 13.0 Å². The minimum absolute atomic E-state index is 0.143. The quantitative estimate of drug-likeness (QED) is 0.843. The maximum absolute atomic E-state index is 14.0. The van der Waals surface area contributed by atoms with Gasteiger partial charge < -0.3 is 5.73 Å². The van der Waals surface area contributed by atoms with Crippen LogP contribution >= 0.6 is 0 Å². The van der Waals surface area contributed by atoms with Crippen LogP contribution in [0.15, 0.2) is 24.3 Å². The summed E-state index contributed by atoms with van der Waals surface area (Å²) in [6.45, 7) is 10.1. The minimum atomic E-state index is -0.674. The first-order valence-corrected chi connectivity index (χ1v) is 6.76. The molecule has 2 nitrogen and oxygen atoms in total. The lowest BCUT2D eigenvalue weighted by Gasteiger charge is -2.41. The lowest BCUT2D eigenvalue weighted by atomic mass is 9.82. The van der Waals surface area contributed by atoms with Gasteiger partial charge in [0.25, 0.3) is 0 Å². The van der Waals surface area contributed by atoms with Crippen LogP contribution in [0.1, 0.15) is 39.7 Å². The van der Waals surface area contributed by atoms with Gasteiger partial charge in [-0.2, -0.15) is 0 Å². The first-order chi connectivity index (χ1) is 8.48. The Morgan fingerprint density at radius 2 is 1.78 bits per heavy atom. The molecule has 0 aromatic heterocycles. The molecule has 0 aliphatic rings. The summed E-state index contributed by atoms with van der Waals surface area (Å²) >= 11 is 0. The molecule has 102 valence electrons. The molecule has 0 radical (unpaired) electrons. The van der Waals surface area contributed by atoms with E-state index in [0.717, 1.165) is 19.5 Å². The van der Waals surface area contributed by atoms with E-state index in [1.54, 1.807) is 12.1 Å². The molecule has 0 fully saturated rings. The molecule has 0 bridgehead atoms. The van der Waals surface area contributed by atoms with Crippen molar-refractivity contribution in [2.45, 2.75) is 45.7 Å². The number of hydrogen-bond donors (Lipinski definition) is 1. The average Bonchev–Trinajstić information content (AvgIpc) is 2.35. The van der Waals surface area contributed by atoms with Gasteiger partial charge in [-0.25, -0.2) is 4.39 Å². The van der Waals surface area contributed by atoms with Gasteiger partial charge in [0.05, 0.1) is 5.54 Å². The van der Waals surface area contributed by atoms with Crippen molar-refractivity contribution in [1.82, 2.24) is 4.90 Å². The summed E-state index contributed by atoms with van der Waals surface area (Å²) in [6.07, 6.45) is 0.906. The van der Waals surface area contributed by atoms with Gasteiger partial charge in [-0.05, 0) is 32.5 Å². The van der Waals surface area contributed by atoms with Crippen LogP contribution in [0, 0.1) is 5.82 Å². The zero-order valence-corrected chi connectivity index (χ0v) is 11.9. The van der Waals surface area contributed by atoms with E-state index in [0.29, 0.717) is 5.56 Å². The zero-order valence-electron chi connectivity index (χ0n) is 11.9. The monoisotopic (exact) mass is 252 g/mol. The average molecular weight is 252 g/mol. The Morgan fingerprint density at radius 1 is 1.22 bits per heavy atom. The van der Waals surface area contributed by atoms with E-state index in [-0.39, 0.29) is 11.9 Å². The maximum atomic E-state index is 14.0. The molecular weight excluding hydrogens is 227 g/mol. The van der Waals surface area contributed by atoms with Crippen LogP contribution in [0.3, 0.4) is 0 Å². The number of hydrogen-bond acceptors (Lipinski definition) is 2. The Bertz CT molecular complexity index is 373. The van der Waals surface area contributed by atoms with E-state index in [4.69, 9.17) is 5.73 Å². The van der Waals surface area contributed by atoms with Crippen molar-refractivity contribution in [3.05, 3.63) is 35.6 Å². The number of benzene rings is 1. The molecule has 0 spiro atoms. The molecule has 2 unspecified atom stereocenters. The third-order valence-corrected chi connectivity index (χ3v) is 3.79. The molecule has 0 amide bonds. The van der Waals surface area contributed by atoms with Crippen molar-refractivity contribution >= 4 is 0 Å². The summed E-state index contributed by atoms with van der Waals surface area (Å²) in [5.41, 5.74) is 6.39. The molecule has 18 heavy (non-hydrogen) atoms. The summed E-state index contributed by atoms with van der Waals surface area (Å²) in [7, 11) is 0. The molecule has 1 rings (SSSR count). The van der Waals surface area contributed by atoms with Crippen LogP contribution < -0.4 is 5.73 Å². The molecule has 2 N–H and O–H groups in total. The van der Waals surface area contributed by atoms with E-state index in [1.165, 1.54) is 6.07 Å².